The zero-order chi connectivity index (χ0) is 19.6. The molecule has 1 heterocycles. The highest BCUT2D eigenvalue weighted by Gasteiger charge is 2.13. The summed E-state index contributed by atoms with van der Waals surface area (Å²) in [6.07, 6.45) is 0.945. The number of hydrogen-bond donors (Lipinski definition) is 1. The Bertz CT molecular complexity index is 1110. The summed E-state index contributed by atoms with van der Waals surface area (Å²) in [4.78, 5) is 11.8. The van der Waals surface area contributed by atoms with Gasteiger partial charge in [0.2, 0.25) is 15.9 Å². The number of nitrogens with one attached hydrogen (secondary N) is 1. The molecule has 1 aromatic heterocycles. The molecule has 0 unspecified atom stereocenters. The van der Waals surface area contributed by atoms with E-state index >= 15 is 0 Å². The Hall–Kier alpha value is -1.80. The summed E-state index contributed by atoms with van der Waals surface area (Å²) in [5, 5.41) is 3.84. The number of benzene rings is 2. The van der Waals surface area contributed by atoms with Gasteiger partial charge in [-0.3, -0.25) is 9.52 Å². The van der Waals surface area contributed by atoms with Crippen molar-refractivity contribution in [1.82, 2.24) is 4.72 Å². The van der Waals surface area contributed by atoms with E-state index in [2.05, 4.69) is 0 Å². The number of fused-ring (bicyclic) bond motifs is 1. The smallest absolute Gasteiger partial charge is 0.237 e. The predicted molar refractivity (Wildman–Crippen MR) is 109 cm³/mol. The third-order valence-corrected chi connectivity index (χ3v) is 5.87. The molecule has 9 heteroatoms. The molecule has 0 saturated carbocycles. The zero-order valence-electron chi connectivity index (χ0n) is 14.2. The minimum Gasteiger partial charge on any atom is -0.489 e. The second-order valence-electron chi connectivity index (χ2n) is 5.92. The van der Waals surface area contributed by atoms with Gasteiger partial charge < -0.3 is 4.74 Å². The standard InChI is InChI=1S/C18H15Cl2NO4S2/c1-27(23,24)21-18(22)6-12-10-26-17-8-14(4-5-15(12)17)25-9-11-2-3-13(19)7-16(11)20/h2-5,7-8,10H,6,9H2,1H3,(H,21,22). The molecule has 27 heavy (non-hydrogen) atoms. The third kappa shape index (κ3) is 5.35. The molecule has 0 atom stereocenters. The van der Waals surface area contributed by atoms with E-state index in [4.69, 9.17) is 27.9 Å². The monoisotopic (exact) mass is 443 g/mol. The van der Waals surface area contributed by atoms with Gasteiger partial charge in [0.05, 0.1) is 12.7 Å². The van der Waals surface area contributed by atoms with Crippen molar-refractivity contribution in [2.75, 3.05) is 6.26 Å². The summed E-state index contributed by atoms with van der Waals surface area (Å²) in [5.74, 6) is 0.109. The number of thiophene rings is 1. The van der Waals surface area contributed by atoms with E-state index in [1.807, 2.05) is 28.3 Å². The summed E-state index contributed by atoms with van der Waals surface area (Å²) in [6, 6.07) is 10.8. The Morgan fingerprint density at radius 1 is 1.15 bits per heavy atom. The van der Waals surface area contributed by atoms with E-state index in [0.29, 0.717) is 22.4 Å². The molecule has 0 bridgehead atoms. The molecule has 3 rings (SSSR count). The SMILES string of the molecule is CS(=O)(=O)NC(=O)Cc1csc2cc(OCc3ccc(Cl)cc3Cl)ccc12. The van der Waals surface area contributed by atoms with Crippen LogP contribution in [0.1, 0.15) is 11.1 Å². The summed E-state index contributed by atoms with van der Waals surface area (Å²) in [7, 11) is -3.56. The van der Waals surface area contributed by atoms with Crippen LogP contribution in [0.3, 0.4) is 0 Å². The number of rotatable bonds is 6. The number of hydrogen-bond acceptors (Lipinski definition) is 5. The minimum atomic E-state index is -3.56. The molecule has 5 nitrogen and oxygen atoms in total. The van der Waals surface area contributed by atoms with Crippen molar-refractivity contribution in [2.45, 2.75) is 13.0 Å². The summed E-state index contributed by atoms with van der Waals surface area (Å²) < 4.78 is 31.0. The molecular formula is C18H15Cl2NO4S2. The first-order chi connectivity index (χ1) is 12.7. The van der Waals surface area contributed by atoms with E-state index in [1.54, 1.807) is 18.2 Å². The van der Waals surface area contributed by atoms with Crippen molar-refractivity contribution >= 4 is 60.6 Å². The number of carbonyl (C=O) groups excluding carboxylic acids is 1. The molecule has 3 aromatic rings. The van der Waals surface area contributed by atoms with Crippen molar-refractivity contribution in [3.8, 4) is 5.75 Å². The van der Waals surface area contributed by atoms with Crippen LogP contribution in [-0.4, -0.2) is 20.6 Å². The van der Waals surface area contributed by atoms with Crippen molar-refractivity contribution in [1.29, 1.82) is 0 Å². The molecule has 0 aliphatic carbocycles. The van der Waals surface area contributed by atoms with Gasteiger partial charge in [-0.15, -0.1) is 11.3 Å². The van der Waals surface area contributed by atoms with E-state index in [-0.39, 0.29) is 6.42 Å². The van der Waals surface area contributed by atoms with Gasteiger partial charge in [-0.05, 0) is 46.7 Å². The third-order valence-electron chi connectivity index (χ3n) is 3.69. The second kappa shape index (κ2) is 8.06. The van der Waals surface area contributed by atoms with E-state index < -0.39 is 15.9 Å². The Balaban J connectivity index is 1.72. The molecule has 0 spiro atoms. The van der Waals surface area contributed by atoms with E-state index in [0.717, 1.165) is 27.5 Å². The lowest BCUT2D eigenvalue weighted by atomic mass is 10.1. The Kier molecular flexibility index (Phi) is 5.95. The Morgan fingerprint density at radius 2 is 1.93 bits per heavy atom. The van der Waals surface area contributed by atoms with Crippen molar-refractivity contribution in [3.63, 3.8) is 0 Å². The van der Waals surface area contributed by atoms with Crippen LogP contribution in [0.2, 0.25) is 10.0 Å². The number of sulfonamides is 1. The van der Waals surface area contributed by atoms with Gasteiger partial charge >= 0.3 is 0 Å². The molecule has 0 fully saturated rings. The molecule has 1 N–H and O–H groups in total. The number of amides is 1. The second-order valence-corrected chi connectivity index (χ2v) is 9.42. The molecule has 142 valence electrons. The average Bonchev–Trinajstić information content (AvgIpc) is 2.94. The number of ether oxygens (including phenoxy) is 1. The van der Waals surface area contributed by atoms with Crippen molar-refractivity contribution in [3.05, 3.63) is 63.0 Å². The number of carbonyl (C=O) groups is 1. The average molecular weight is 444 g/mol. The molecule has 2 aromatic carbocycles. The van der Waals surface area contributed by atoms with Crippen LogP contribution in [0.4, 0.5) is 0 Å². The fourth-order valence-electron chi connectivity index (χ4n) is 2.51. The largest absolute Gasteiger partial charge is 0.489 e. The van der Waals surface area contributed by atoms with Crippen molar-refractivity contribution in [2.24, 2.45) is 0 Å². The van der Waals surface area contributed by atoms with Gasteiger partial charge in [0, 0.05) is 20.3 Å². The van der Waals surface area contributed by atoms with E-state index in [1.165, 1.54) is 11.3 Å². The maximum absolute atomic E-state index is 11.8. The van der Waals surface area contributed by atoms with E-state index in [9.17, 15) is 13.2 Å². The summed E-state index contributed by atoms with van der Waals surface area (Å²) in [5.41, 5.74) is 1.59. The quantitative estimate of drug-likeness (QED) is 0.612. The molecule has 0 aliphatic heterocycles. The van der Waals surface area contributed by atoms with Crippen LogP contribution in [0.15, 0.2) is 41.8 Å². The molecule has 0 saturated heterocycles. The fourth-order valence-corrected chi connectivity index (χ4v) is 4.44. The van der Waals surface area contributed by atoms with Gasteiger partial charge in [-0.2, -0.15) is 0 Å². The van der Waals surface area contributed by atoms with Gasteiger partial charge in [0.15, 0.2) is 0 Å². The van der Waals surface area contributed by atoms with Crippen LogP contribution >= 0.6 is 34.5 Å². The lowest BCUT2D eigenvalue weighted by molar-refractivity contribution is -0.118. The Labute approximate surface area is 170 Å². The van der Waals surface area contributed by atoms with Crippen LogP contribution in [0, 0.1) is 0 Å². The van der Waals surface area contributed by atoms with Crippen LogP contribution in [0.5, 0.6) is 5.75 Å². The van der Waals surface area contributed by atoms with Crippen LogP contribution in [0.25, 0.3) is 10.1 Å². The normalized spacial score (nSPS) is 11.5. The van der Waals surface area contributed by atoms with Crippen LogP contribution < -0.4 is 9.46 Å². The molecular weight excluding hydrogens is 429 g/mol. The molecule has 0 aliphatic rings. The lowest BCUT2D eigenvalue weighted by Crippen LogP contribution is -2.30. The maximum atomic E-state index is 11.8. The highest BCUT2D eigenvalue weighted by Crippen LogP contribution is 2.31. The van der Waals surface area contributed by atoms with Gasteiger partial charge in [-0.25, -0.2) is 8.42 Å². The first kappa shape index (κ1) is 19.9. The fraction of sp³-hybridized carbons (Fsp3) is 0.167. The van der Waals surface area contributed by atoms with Gasteiger partial charge in [0.25, 0.3) is 0 Å². The van der Waals surface area contributed by atoms with Crippen molar-refractivity contribution < 1.29 is 17.9 Å². The highest BCUT2D eigenvalue weighted by atomic mass is 35.5. The van der Waals surface area contributed by atoms with Gasteiger partial charge in [-0.1, -0.05) is 29.3 Å². The first-order valence-corrected chi connectivity index (χ1v) is 11.3. The Morgan fingerprint density at radius 3 is 2.63 bits per heavy atom. The zero-order valence-corrected chi connectivity index (χ0v) is 17.3. The number of halogens is 2. The maximum Gasteiger partial charge on any atom is 0.237 e. The van der Waals surface area contributed by atoms with Gasteiger partial charge in [0.1, 0.15) is 12.4 Å². The topological polar surface area (TPSA) is 72.5 Å². The van der Waals surface area contributed by atoms with Crippen LogP contribution in [-0.2, 0) is 27.8 Å². The predicted octanol–water partition coefficient (Wildman–Crippen LogP) is 4.41. The summed E-state index contributed by atoms with van der Waals surface area (Å²) >= 11 is 13.5. The summed E-state index contributed by atoms with van der Waals surface area (Å²) in [6.45, 7) is 0.302. The highest BCUT2D eigenvalue weighted by molar-refractivity contribution is 7.89. The lowest BCUT2D eigenvalue weighted by Gasteiger charge is -2.08. The first-order valence-electron chi connectivity index (χ1n) is 7.79. The molecule has 0 radical (unpaired) electrons. The minimum absolute atomic E-state index is 0.00629. The molecule has 1 amide bonds.